The van der Waals surface area contributed by atoms with Crippen LogP contribution in [-0.2, 0) is 26.2 Å². The SMILES string of the molecule is CC[C@H](C(=O)NCC(C)C)N(Cc1ccc(Cl)c(Cl)c1)C(=O)CN(c1ccccc1OC)S(C)(=O)=O. The predicted molar refractivity (Wildman–Crippen MR) is 144 cm³/mol. The maximum absolute atomic E-state index is 13.7. The van der Waals surface area contributed by atoms with Gasteiger partial charge in [-0.3, -0.25) is 13.9 Å². The molecule has 0 heterocycles. The van der Waals surface area contributed by atoms with Crippen LogP contribution in [0.4, 0.5) is 5.69 Å². The number of hydrogen-bond acceptors (Lipinski definition) is 5. The summed E-state index contributed by atoms with van der Waals surface area (Å²) < 4.78 is 31.8. The zero-order valence-corrected chi connectivity index (χ0v) is 23.5. The van der Waals surface area contributed by atoms with Crippen molar-refractivity contribution in [3.05, 3.63) is 58.1 Å². The lowest BCUT2D eigenvalue weighted by Gasteiger charge is -2.33. The Hall–Kier alpha value is -2.49. The topological polar surface area (TPSA) is 96.0 Å². The van der Waals surface area contributed by atoms with Gasteiger partial charge in [0.25, 0.3) is 0 Å². The smallest absolute Gasteiger partial charge is 0.244 e. The Bertz CT molecular complexity index is 1170. The summed E-state index contributed by atoms with van der Waals surface area (Å²) in [7, 11) is -2.45. The standard InChI is InChI=1S/C25H33Cl2N3O5S/c1-6-21(25(32)28-14-17(2)3)29(15-18-11-12-19(26)20(27)13-18)24(31)16-30(36(5,33)34)22-9-7-8-10-23(22)35-4/h7-13,17,21H,6,14-16H2,1-5H3,(H,28,32)/t21-/m1/s1. The highest BCUT2D eigenvalue weighted by atomic mass is 35.5. The summed E-state index contributed by atoms with van der Waals surface area (Å²) in [6, 6.07) is 10.6. The molecule has 0 aromatic heterocycles. The minimum absolute atomic E-state index is 0.0346. The minimum atomic E-state index is -3.87. The molecule has 2 rings (SSSR count). The average molecular weight is 559 g/mol. The number of carbonyl (C=O) groups is 2. The molecule has 0 unspecified atom stereocenters. The molecule has 0 radical (unpaired) electrons. The molecule has 2 aromatic carbocycles. The maximum atomic E-state index is 13.7. The van der Waals surface area contributed by atoms with Crippen LogP contribution >= 0.6 is 23.2 Å². The van der Waals surface area contributed by atoms with Crippen molar-refractivity contribution >= 4 is 50.7 Å². The van der Waals surface area contributed by atoms with E-state index in [4.69, 9.17) is 27.9 Å². The van der Waals surface area contributed by atoms with E-state index in [9.17, 15) is 18.0 Å². The highest BCUT2D eigenvalue weighted by molar-refractivity contribution is 7.92. The normalized spacial score (nSPS) is 12.2. The Morgan fingerprint density at radius 2 is 1.75 bits per heavy atom. The van der Waals surface area contributed by atoms with E-state index in [2.05, 4.69) is 5.32 Å². The summed E-state index contributed by atoms with van der Waals surface area (Å²) in [6.45, 7) is 5.69. The lowest BCUT2D eigenvalue weighted by atomic mass is 10.1. The molecule has 8 nitrogen and oxygen atoms in total. The van der Waals surface area contributed by atoms with Crippen molar-refractivity contribution in [2.75, 3.05) is 30.8 Å². The van der Waals surface area contributed by atoms with Gasteiger partial charge in [-0.15, -0.1) is 0 Å². The molecule has 0 aliphatic carbocycles. The van der Waals surface area contributed by atoms with Crippen molar-refractivity contribution in [2.24, 2.45) is 5.92 Å². The van der Waals surface area contributed by atoms with Gasteiger partial charge in [-0.25, -0.2) is 8.42 Å². The van der Waals surface area contributed by atoms with Crippen LogP contribution < -0.4 is 14.4 Å². The van der Waals surface area contributed by atoms with Gasteiger partial charge in [0.05, 0.1) is 29.1 Å². The van der Waals surface area contributed by atoms with Crippen LogP contribution in [0.25, 0.3) is 0 Å². The van der Waals surface area contributed by atoms with E-state index in [1.54, 1.807) is 49.4 Å². The lowest BCUT2D eigenvalue weighted by molar-refractivity contribution is -0.140. The van der Waals surface area contributed by atoms with Gasteiger partial charge in [0.15, 0.2) is 0 Å². The molecule has 1 N–H and O–H groups in total. The molecular weight excluding hydrogens is 525 g/mol. The van der Waals surface area contributed by atoms with E-state index in [0.29, 0.717) is 34.3 Å². The van der Waals surface area contributed by atoms with Crippen LogP contribution in [0.15, 0.2) is 42.5 Å². The first kappa shape index (κ1) is 29.7. The van der Waals surface area contributed by atoms with Crippen molar-refractivity contribution in [1.29, 1.82) is 0 Å². The van der Waals surface area contributed by atoms with Crippen molar-refractivity contribution in [1.82, 2.24) is 10.2 Å². The zero-order valence-electron chi connectivity index (χ0n) is 21.1. The van der Waals surface area contributed by atoms with E-state index in [-0.39, 0.29) is 24.1 Å². The van der Waals surface area contributed by atoms with Crippen LogP contribution in [0.1, 0.15) is 32.8 Å². The summed E-state index contributed by atoms with van der Waals surface area (Å²) in [6.07, 6.45) is 1.34. The monoisotopic (exact) mass is 557 g/mol. The lowest BCUT2D eigenvalue weighted by Crippen LogP contribution is -2.52. The number of benzene rings is 2. The van der Waals surface area contributed by atoms with Crippen LogP contribution in [-0.4, -0.2) is 57.6 Å². The highest BCUT2D eigenvalue weighted by Gasteiger charge is 2.32. The van der Waals surface area contributed by atoms with Crippen molar-refractivity contribution < 1.29 is 22.7 Å². The Kier molecular flexibility index (Phi) is 10.9. The third-order valence-electron chi connectivity index (χ3n) is 5.44. The van der Waals surface area contributed by atoms with Gasteiger partial charge in [-0.05, 0) is 42.2 Å². The first-order valence-corrected chi connectivity index (χ1v) is 14.1. The summed E-state index contributed by atoms with van der Waals surface area (Å²) >= 11 is 12.2. The van der Waals surface area contributed by atoms with Gasteiger partial charge in [0.2, 0.25) is 21.8 Å². The summed E-state index contributed by atoms with van der Waals surface area (Å²) in [5, 5.41) is 3.55. The number of carbonyl (C=O) groups excluding carboxylic acids is 2. The summed E-state index contributed by atoms with van der Waals surface area (Å²) in [5.74, 6) is -0.350. The van der Waals surface area contributed by atoms with Gasteiger partial charge in [-0.2, -0.15) is 0 Å². The van der Waals surface area contributed by atoms with Crippen LogP contribution in [0.2, 0.25) is 10.0 Å². The molecule has 36 heavy (non-hydrogen) atoms. The predicted octanol–water partition coefficient (Wildman–Crippen LogP) is 4.35. The van der Waals surface area contributed by atoms with E-state index in [0.717, 1.165) is 10.6 Å². The number of hydrogen-bond donors (Lipinski definition) is 1. The maximum Gasteiger partial charge on any atom is 0.244 e. The second-order valence-electron chi connectivity index (χ2n) is 8.77. The van der Waals surface area contributed by atoms with Crippen LogP contribution in [0.5, 0.6) is 5.75 Å². The molecule has 0 spiro atoms. The van der Waals surface area contributed by atoms with Crippen LogP contribution in [0, 0.1) is 5.92 Å². The number of sulfonamides is 1. The number of anilines is 1. The van der Waals surface area contributed by atoms with E-state index in [1.807, 2.05) is 13.8 Å². The van der Waals surface area contributed by atoms with Gasteiger partial charge < -0.3 is 15.0 Å². The molecule has 2 aromatic rings. The highest BCUT2D eigenvalue weighted by Crippen LogP contribution is 2.30. The van der Waals surface area contributed by atoms with Crippen LogP contribution in [0.3, 0.4) is 0 Å². The molecule has 0 fully saturated rings. The molecule has 0 saturated carbocycles. The van der Waals surface area contributed by atoms with Crippen molar-refractivity contribution in [3.63, 3.8) is 0 Å². The van der Waals surface area contributed by atoms with Gasteiger partial charge >= 0.3 is 0 Å². The van der Waals surface area contributed by atoms with Gasteiger partial charge in [0, 0.05) is 13.1 Å². The van der Waals surface area contributed by atoms with E-state index >= 15 is 0 Å². The summed E-state index contributed by atoms with van der Waals surface area (Å²) in [4.78, 5) is 28.2. The van der Waals surface area contributed by atoms with E-state index in [1.165, 1.54) is 12.0 Å². The number of ether oxygens (including phenoxy) is 1. The van der Waals surface area contributed by atoms with Crippen molar-refractivity contribution in [3.8, 4) is 5.75 Å². The number of amides is 2. The zero-order chi connectivity index (χ0) is 27.0. The fourth-order valence-corrected chi connectivity index (χ4v) is 4.78. The molecule has 11 heteroatoms. The Morgan fingerprint density at radius 3 is 2.31 bits per heavy atom. The first-order chi connectivity index (χ1) is 16.9. The van der Waals surface area contributed by atoms with E-state index < -0.39 is 28.5 Å². The molecule has 0 bridgehead atoms. The number of nitrogens with zero attached hydrogens (tertiary/aromatic N) is 2. The fraction of sp³-hybridized carbons (Fsp3) is 0.440. The Morgan fingerprint density at radius 1 is 1.08 bits per heavy atom. The molecule has 0 saturated heterocycles. The largest absolute Gasteiger partial charge is 0.495 e. The molecular formula is C25H33Cl2N3O5S. The number of methoxy groups -OCH3 is 1. The number of nitrogens with one attached hydrogen (secondary N) is 1. The van der Waals surface area contributed by atoms with Gasteiger partial charge in [-0.1, -0.05) is 62.2 Å². The Labute approximate surface area is 223 Å². The van der Waals surface area contributed by atoms with Crippen molar-refractivity contribution in [2.45, 2.75) is 39.8 Å². The fourth-order valence-electron chi connectivity index (χ4n) is 3.61. The molecule has 0 aliphatic rings. The Balaban J connectivity index is 2.48. The second-order valence-corrected chi connectivity index (χ2v) is 11.5. The minimum Gasteiger partial charge on any atom is -0.495 e. The van der Waals surface area contributed by atoms with Gasteiger partial charge in [0.1, 0.15) is 18.3 Å². The molecule has 198 valence electrons. The second kappa shape index (κ2) is 13.2. The third-order valence-corrected chi connectivity index (χ3v) is 7.31. The third kappa shape index (κ3) is 8.01. The summed E-state index contributed by atoms with van der Waals surface area (Å²) in [5.41, 5.74) is 0.874. The quantitative estimate of drug-likeness (QED) is 0.418. The first-order valence-electron chi connectivity index (χ1n) is 11.5. The number of halogens is 2. The molecule has 1 atom stereocenters. The number of para-hydroxylation sites is 2. The molecule has 0 aliphatic heterocycles. The number of rotatable bonds is 12. The molecule has 2 amide bonds. The average Bonchev–Trinajstić information content (AvgIpc) is 2.82.